The highest BCUT2D eigenvalue weighted by Gasteiger charge is 2.18. The molecule has 0 radical (unpaired) electrons. The maximum atomic E-state index is 13.6. The van der Waals surface area contributed by atoms with Crippen molar-refractivity contribution in [2.75, 3.05) is 0 Å². The monoisotopic (exact) mass is 429 g/mol. The quantitative estimate of drug-likeness (QED) is 0.145. The van der Waals surface area contributed by atoms with Crippen LogP contribution in [0.1, 0.15) is 30.0 Å². The number of para-hydroxylation sites is 1. The minimum Gasteiger partial charge on any atom is -0.423 e. The molecule has 0 N–H and O–H groups in total. The summed E-state index contributed by atoms with van der Waals surface area (Å²) in [5.74, 6) is -0.375. The molecule has 0 aliphatic heterocycles. The molecule has 0 amide bonds. The van der Waals surface area contributed by atoms with Gasteiger partial charge in [0.1, 0.15) is 11.6 Å². The molecule has 5 heteroatoms. The highest BCUT2D eigenvalue weighted by molar-refractivity contribution is 7.16. The van der Waals surface area contributed by atoms with E-state index in [4.69, 9.17) is 4.74 Å². The van der Waals surface area contributed by atoms with Crippen molar-refractivity contribution in [3.63, 3.8) is 0 Å². The normalized spacial score (nSPS) is 11.8. The highest BCUT2D eigenvalue weighted by Crippen LogP contribution is 2.39. The third-order valence-corrected chi connectivity index (χ3v) is 5.81. The maximum absolute atomic E-state index is 13.6. The molecule has 0 aliphatic carbocycles. The average Bonchev–Trinajstić information content (AvgIpc) is 3.26. The van der Waals surface area contributed by atoms with Crippen molar-refractivity contribution in [2.24, 2.45) is 0 Å². The first-order chi connectivity index (χ1) is 15.1. The summed E-state index contributed by atoms with van der Waals surface area (Å²) in [6.07, 6.45) is 1.84. The van der Waals surface area contributed by atoms with Gasteiger partial charge in [-0.05, 0) is 59.0 Å². The van der Waals surface area contributed by atoms with Gasteiger partial charge < -0.3 is 4.74 Å². The number of carbonyl (C=O) groups is 1. The number of aromatic nitrogens is 1. The van der Waals surface area contributed by atoms with Crippen molar-refractivity contribution >= 4 is 38.7 Å². The standard InChI is InChI=1S/C26H20FNO2S/c1-3-20(17-9-12-19(27)13-10-17)26(18-11-14-24-22(15-18)28-16-31-24)21-7-5-6-8-23(21)30-25(29)4-2/h4-16H,2-3H2,1H3/b26-20+. The Bertz CT molecular complexity index is 1290. The zero-order valence-electron chi connectivity index (χ0n) is 17.0. The summed E-state index contributed by atoms with van der Waals surface area (Å²) < 4.78 is 20.2. The predicted octanol–water partition coefficient (Wildman–Crippen LogP) is 6.90. The second kappa shape index (κ2) is 9.06. The molecule has 154 valence electrons. The lowest BCUT2D eigenvalue weighted by atomic mass is 9.87. The van der Waals surface area contributed by atoms with Gasteiger partial charge in [-0.2, -0.15) is 0 Å². The predicted molar refractivity (Wildman–Crippen MR) is 125 cm³/mol. The van der Waals surface area contributed by atoms with Crippen LogP contribution in [0.5, 0.6) is 5.75 Å². The molecule has 0 atom stereocenters. The number of nitrogens with zero attached hydrogens (tertiary/aromatic N) is 1. The molecule has 0 fully saturated rings. The van der Waals surface area contributed by atoms with Crippen LogP contribution in [-0.4, -0.2) is 11.0 Å². The molecule has 0 unspecified atom stereocenters. The van der Waals surface area contributed by atoms with Crippen molar-refractivity contribution in [3.8, 4) is 5.75 Å². The van der Waals surface area contributed by atoms with E-state index in [1.54, 1.807) is 29.5 Å². The lowest BCUT2D eigenvalue weighted by Gasteiger charge is -2.18. The van der Waals surface area contributed by atoms with Crippen LogP contribution >= 0.6 is 11.3 Å². The number of hydrogen-bond acceptors (Lipinski definition) is 4. The van der Waals surface area contributed by atoms with Gasteiger partial charge in [0.2, 0.25) is 0 Å². The fourth-order valence-electron chi connectivity index (χ4n) is 3.59. The van der Waals surface area contributed by atoms with Gasteiger partial charge in [-0.25, -0.2) is 14.2 Å². The van der Waals surface area contributed by atoms with Gasteiger partial charge >= 0.3 is 5.97 Å². The van der Waals surface area contributed by atoms with Gasteiger partial charge in [-0.3, -0.25) is 0 Å². The molecule has 31 heavy (non-hydrogen) atoms. The first kappa shape index (κ1) is 20.7. The largest absolute Gasteiger partial charge is 0.423 e. The van der Waals surface area contributed by atoms with Gasteiger partial charge in [0.05, 0.1) is 15.7 Å². The molecule has 4 aromatic rings. The topological polar surface area (TPSA) is 39.2 Å². The second-order valence-electron chi connectivity index (χ2n) is 6.87. The van der Waals surface area contributed by atoms with Crippen LogP contribution in [0.25, 0.3) is 21.4 Å². The number of thiazole rings is 1. The molecule has 1 heterocycles. The van der Waals surface area contributed by atoms with E-state index in [2.05, 4.69) is 18.5 Å². The third-order valence-electron chi connectivity index (χ3n) is 5.00. The van der Waals surface area contributed by atoms with Gasteiger partial charge in [0.15, 0.2) is 0 Å². The highest BCUT2D eigenvalue weighted by atomic mass is 32.1. The van der Waals surface area contributed by atoms with E-state index in [1.165, 1.54) is 12.1 Å². The summed E-state index contributed by atoms with van der Waals surface area (Å²) >= 11 is 1.58. The molecule has 3 nitrogen and oxygen atoms in total. The molecule has 0 saturated heterocycles. The number of fused-ring (bicyclic) bond motifs is 1. The van der Waals surface area contributed by atoms with Crippen molar-refractivity contribution in [2.45, 2.75) is 13.3 Å². The SMILES string of the molecule is C=CC(=O)Oc1ccccc1/C(=C(\CC)c1ccc(F)cc1)c1ccc2scnc2c1. The molecule has 0 bridgehead atoms. The number of allylic oxidation sites excluding steroid dienone is 1. The summed E-state index contributed by atoms with van der Waals surface area (Å²) in [5, 5.41) is 0. The van der Waals surface area contributed by atoms with Crippen molar-refractivity contribution in [1.82, 2.24) is 4.98 Å². The van der Waals surface area contributed by atoms with E-state index in [9.17, 15) is 9.18 Å². The Morgan fingerprint density at radius 2 is 1.84 bits per heavy atom. The molecular weight excluding hydrogens is 409 g/mol. The smallest absolute Gasteiger partial charge is 0.335 e. The Balaban J connectivity index is 2.01. The minimum atomic E-state index is -0.526. The van der Waals surface area contributed by atoms with Gasteiger partial charge in [-0.1, -0.05) is 49.9 Å². The number of halogens is 1. The fraction of sp³-hybridized carbons (Fsp3) is 0.0769. The molecule has 0 aliphatic rings. The number of rotatable bonds is 6. The zero-order valence-corrected chi connectivity index (χ0v) is 17.8. The number of ether oxygens (including phenoxy) is 1. The van der Waals surface area contributed by atoms with E-state index >= 15 is 0 Å². The number of carbonyl (C=O) groups excluding carboxylic acids is 1. The Morgan fingerprint density at radius 3 is 2.58 bits per heavy atom. The van der Waals surface area contributed by atoms with Crippen LogP contribution in [0.15, 0.2) is 84.9 Å². The molecule has 0 saturated carbocycles. The molecular formula is C26H20FNO2S. The van der Waals surface area contributed by atoms with Crippen LogP contribution < -0.4 is 4.74 Å². The summed E-state index contributed by atoms with van der Waals surface area (Å²) in [7, 11) is 0. The molecule has 3 aromatic carbocycles. The molecule has 4 rings (SSSR count). The van der Waals surface area contributed by atoms with E-state index in [0.717, 1.165) is 44.1 Å². The average molecular weight is 430 g/mol. The Kier molecular flexibility index (Phi) is 6.05. The van der Waals surface area contributed by atoms with E-state index < -0.39 is 5.97 Å². The first-order valence-electron chi connectivity index (χ1n) is 9.87. The molecule has 1 aromatic heterocycles. The van der Waals surface area contributed by atoms with E-state index in [-0.39, 0.29) is 5.82 Å². The lowest BCUT2D eigenvalue weighted by Crippen LogP contribution is -2.06. The number of benzene rings is 3. The zero-order chi connectivity index (χ0) is 21.8. The van der Waals surface area contributed by atoms with Crippen molar-refractivity contribution < 1.29 is 13.9 Å². The first-order valence-corrected chi connectivity index (χ1v) is 10.7. The summed E-state index contributed by atoms with van der Waals surface area (Å²) in [5.41, 5.74) is 7.26. The fourth-order valence-corrected chi connectivity index (χ4v) is 4.25. The Hall–Kier alpha value is -3.57. The van der Waals surface area contributed by atoms with Crippen LogP contribution in [0.2, 0.25) is 0 Å². The Morgan fingerprint density at radius 1 is 1.10 bits per heavy atom. The number of hydrogen-bond donors (Lipinski definition) is 0. The third kappa shape index (κ3) is 4.32. The van der Waals surface area contributed by atoms with Crippen LogP contribution in [0.3, 0.4) is 0 Å². The van der Waals surface area contributed by atoms with Crippen LogP contribution in [-0.2, 0) is 4.79 Å². The summed E-state index contributed by atoms with van der Waals surface area (Å²) in [6.45, 7) is 5.55. The van der Waals surface area contributed by atoms with Gasteiger partial charge in [-0.15, -0.1) is 11.3 Å². The minimum absolute atomic E-state index is 0.287. The van der Waals surface area contributed by atoms with Crippen LogP contribution in [0.4, 0.5) is 4.39 Å². The van der Waals surface area contributed by atoms with Gasteiger partial charge in [0.25, 0.3) is 0 Å². The Labute approximate surface area is 184 Å². The van der Waals surface area contributed by atoms with Crippen LogP contribution in [0, 0.1) is 5.82 Å². The van der Waals surface area contributed by atoms with Crippen molar-refractivity contribution in [3.05, 3.63) is 107 Å². The second-order valence-corrected chi connectivity index (χ2v) is 7.76. The molecule has 0 spiro atoms. The van der Waals surface area contributed by atoms with E-state index in [0.29, 0.717) is 12.2 Å². The summed E-state index contributed by atoms with van der Waals surface area (Å²) in [4.78, 5) is 16.4. The maximum Gasteiger partial charge on any atom is 0.335 e. The lowest BCUT2D eigenvalue weighted by molar-refractivity contribution is -0.128. The van der Waals surface area contributed by atoms with Gasteiger partial charge in [0, 0.05) is 11.6 Å². The van der Waals surface area contributed by atoms with Crippen molar-refractivity contribution in [1.29, 1.82) is 0 Å². The number of esters is 1. The van der Waals surface area contributed by atoms with E-state index in [1.807, 2.05) is 41.9 Å². The summed E-state index contributed by atoms with van der Waals surface area (Å²) in [6, 6.07) is 20.0.